The van der Waals surface area contributed by atoms with E-state index in [0.29, 0.717) is 17.6 Å². The van der Waals surface area contributed by atoms with Crippen molar-refractivity contribution in [2.24, 2.45) is 0 Å². The van der Waals surface area contributed by atoms with Crippen LogP contribution in [-0.2, 0) is 4.79 Å². The Balaban J connectivity index is 1.25. The lowest BCUT2D eigenvalue weighted by atomic mass is 10.1. The van der Waals surface area contributed by atoms with Crippen LogP contribution >= 0.6 is 0 Å². The highest BCUT2D eigenvalue weighted by Crippen LogP contribution is 2.31. The number of carbonyl (C=O) groups excluding carboxylic acids is 1. The van der Waals surface area contributed by atoms with E-state index in [4.69, 9.17) is 0 Å². The number of hydrogen-bond acceptors (Lipinski definition) is 7. The Morgan fingerprint density at radius 3 is 2.83 bits per heavy atom. The summed E-state index contributed by atoms with van der Waals surface area (Å²) in [5.41, 5.74) is 3.12. The number of aliphatic hydroxyl groups is 1. The van der Waals surface area contributed by atoms with Gasteiger partial charge in [-0.05, 0) is 36.8 Å². The van der Waals surface area contributed by atoms with Crippen molar-refractivity contribution in [2.45, 2.75) is 37.3 Å². The van der Waals surface area contributed by atoms with E-state index in [2.05, 4.69) is 15.6 Å². The summed E-state index contributed by atoms with van der Waals surface area (Å²) in [5.74, 6) is -0.193. The first-order chi connectivity index (χ1) is 17.5. The van der Waals surface area contributed by atoms with Gasteiger partial charge in [-0.3, -0.25) is 14.7 Å². The Morgan fingerprint density at radius 1 is 1.19 bits per heavy atom. The van der Waals surface area contributed by atoms with Gasteiger partial charge < -0.3 is 20.6 Å². The van der Waals surface area contributed by atoms with Gasteiger partial charge in [0.2, 0.25) is 5.91 Å². The lowest BCUT2D eigenvalue weighted by Gasteiger charge is -2.23. The van der Waals surface area contributed by atoms with Gasteiger partial charge in [-0.15, -0.1) is 0 Å². The number of para-hydroxylation sites is 1. The molecule has 2 aliphatic rings. The molecule has 0 saturated carbocycles. The van der Waals surface area contributed by atoms with Gasteiger partial charge in [0.1, 0.15) is 12.2 Å². The van der Waals surface area contributed by atoms with Crippen LogP contribution in [0.25, 0.3) is 10.9 Å². The highest BCUT2D eigenvalue weighted by Gasteiger charge is 2.36. The second kappa shape index (κ2) is 10.5. The number of alkyl halides is 1. The molecule has 3 heterocycles. The van der Waals surface area contributed by atoms with E-state index >= 15 is 0 Å². The SMILES string of the molecule is N#C[C@@H]1C[C@H](F)CN1C(=O)CN1CC[C@H](Nc2ccc(C(O)Nc3ccccc3)c3ncccc23)C1. The molecule has 0 aliphatic carbocycles. The second-order valence-corrected chi connectivity index (χ2v) is 9.40. The number of benzene rings is 2. The van der Waals surface area contributed by atoms with Crippen molar-refractivity contribution in [1.29, 1.82) is 5.26 Å². The van der Waals surface area contributed by atoms with Crippen molar-refractivity contribution in [3.63, 3.8) is 0 Å². The Labute approximate surface area is 209 Å². The van der Waals surface area contributed by atoms with Crippen molar-refractivity contribution >= 4 is 28.2 Å². The molecule has 3 N–H and O–H groups in total. The molecule has 4 atom stereocenters. The lowest BCUT2D eigenvalue weighted by molar-refractivity contribution is -0.132. The second-order valence-electron chi connectivity index (χ2n) is 9.40. The van der Waals surface area contributed by atoms with Crippen LogP contribution in [0.15, 0.2) is 60.8 Å². The van der Waals surface area contributed by atoms with Crippen molar-refractivity contribution in [2.75, 3.05) is 36.8 Å². The van der Waals surface area contributed by atoms with Crippen LogP contribution in [0.3, 0.4) is 0 Å². The number of rotatable bonds is 7. The maximum Gasteiger partial charge on any atom is 0.237 e. The molecule has 0 radical (unpaired) electrons. The summed E-state index contributed by atoms with van der Waals surface area (Å²) in [4.78, 5) is 20.7. The summed E-state index contributed by atoms with van der Waals surface area (Å²) in [6.07, 6.45) is 0.612. The van der Waals surface area contributed by atoms with Gasteiger partial charge in [0.15, 0.2) is 6.23 Å². The van der Waals surface area contributed by atoms with Gasteiger partial charge in [-0.1, -0.05) is 24.3 Å². The van der Waals surface area contributed by atoms with Gasteiger partial charge in [0.25, 0.3) is 0 Å². The number of nitrogens with one attached hydrogen (secondary N) is 2. The maximum absolute atomic E-state index is 13.7. The standard InChI is InChI=1S/C27H29FN6O2/c28-18-13-21(14-29)34(15-18)25(35)17-33-12-10-20(16-33)31-24-9-8-23(26-22(24)7-4-11-30-26)27(36)32-19-5-2-1-3-6-19/h1-9,11,18,20-21,27,31-32,36H,10,12-13,15-17H2/t18-,20-,21-,27?/m0/s1. The van der Waals surface area contributed by atoms with Crippen LogP contribution in [0.5, 0.6) is 0 Å². The number of hydrogen-bond donors (Lipinski definition) is 3. The van der Waals surface area contributed by atoms with Crippen molar-refractivity contribution < 1.29 is 14.3 Å². The van der Waals surface area contributed by atoms with Crippen molar-refractivity contribution in [1.82, 2.24) is 14.8 Å². The predicted molar refractivity (Wildman–Crippen MR) is 136 cm³/mol. The van der Waals surface area contributed by atoms with Crippen LogP contribution in [0, 0.1) is 11.3 Å². The van der Waals surface area contributed by atoms with Gasteiger partial charge in [0, 0.05) is 54.1 Å². The topological polar surface area (TPSA) is 105 Å². The predicted octanol–water partition coefficient (Wildman–Crippen LogP) is 3.29. The number of carbonyl (C=O) groups is 1. The first-order valence-corrected chi connectivity index (χ1v) is 12.2. The van der Waals surface area contributed by atoms with E-state index in [0.717, 1.165) is 29.7 Å². The summed E-state index contributed by atoms with van der Waals surface area (Å²) in [5, 5.41) is 27.7. The fourth-order valence-corrected chi connectivity index (χ4v) is 5.09. The number of anilines is 2. The summed E-state index contributed by atoms with van der Waals surface area (Å²) in [7, 11) is 0. The monoisotopic (exact) mass is 488 g/mol. The molecule has 0 bridgehead atoms. The molecule has 1 unspecified atom stereocenters. The molecule has 186 valence electrons. The Morgan fingerprint density at radius 2 is 2.03 bits per heavy atom. The molecule has 2 fully saturated rings. The fraction of sp³-hybridized carbons (Fsp3) is 0.370. The minimum atomic E-state index is -1.13. The molecule has 1 aromatic heterocycles. The summed E-state index contributed by atoms with van der Waals surface area (Å²) in [6, 6.07) is 18.7. The molecule has 36 heavy (non-hydrogen) atoms. The molecular formula is C27H29FN6O2. The van der Waals surface area contributed by atoms with Crippen LogP contribution in [0.4, 0.5) is 15.8 Å². The maximum atomic E-state index is 13.7. The van der Waals surface area contributed by atoms with Crippen LogP contribution in [-0.4, -0.2) is 70.2 Å². The fourth-order valence-electron chi connectivity index (χ4n) is 5.09. The summed E-state index contributed by atoms with van der Waals surface area (Å²) >= 11 is 0. The average Bonchev–Trinajstić information content (AvgIpc) is 3.50. The third-order valence-electron chi connectivity index (χ3n) is 6.88. The number of aromatic nitrogens is 1. The Bertz CT molecular complexity index is 1270. The quantitative estimate of drug-likeness (QED) is 0.439. The highest BCUT2D eigenvalue weighted by atomic mass is 19.1. The molecule has 8 nitrogen and oxygen atoms in total. The number of nitrogens with zero attached hydrogens (tertiary/aromatic N) is 4. The number of likely N-dealkylation sites (tertiary alicyclic amines) is 2. The number of fused-ring (bicyclic) bond motifs is 1. The van der Waals surface area contributed by atoms with Gasteiger partial charge in [0.05, 0.1) is 24.7 Å². The molecule has 9 heteroatoms. The number of nitriles is 1. The molecule has 2 saturated heterocycles. The first-order valence-electron chi connectivity index (χ1n) is 12.2. The largest absolute Gasteiger partial charge is 0.380 e. The number of pyridine rings is 1. The minimum Gasteiger partial charge on any atom is -0.380 e. The number of aliphatic hydroxyl groups excluding tert-OH is 1. The molecule has 0 spiro atoms. The van der Waals surface area contributed by atoms with Crippen molar-refractivity contribution in [3.05, 3.63) is 66.4 Å². The number of amides is 1. The zero-order valence-electron chi connectivity index (χ0n) is 19.8. The van der Waals surface area contributed by atoms with E-state index in [-0.39, 0.29) is 31.5 Å². The minimum absolute atomic E-state index is 0.00287. The molecule has 3 aromatic rings. The Kier molecular flexibility index (Phi) is 6.98. The third-order valence-corrected chi connectivity index (χ3v) is 6.88. The first kappa shape index (κ1) is 24.0. The zero-order valence-corrected chi connectivity index (χ0v) is 19.8. The molecule has 5 rings (SSSR count). The van der Waals surface area contributed by atoms with E-state index in [1.165, 1.54) is 4.90 Å². The van der Waals surface area contributed by atoms with E-state index < -0.39 is 18.4 Å². The highest BCUT2D eigenvalue weighted by molar-refractivity contribution is 5.94. The van der Waals surface area contributed by atoms with E-state index in [9.17, 15) is 19.6 Å². The van der Waals surface area contributed by atoms with Gasteiger partial charge in [-0.2, -0.15) is 5.26 Å². The smallest absolute Gasteiger partial charge is 0.237 e. The normalized spacial score (nSPS) is 22.9. The molecular weight excluding hydrogens is 459 g/mol. The number of halogens is 1. The van der Waals surface area contributed by atoms with E-state index in [1.54, 1.807) is 6.20 Å². The van der Waals surface area contributed by atoms with E-state index in [1.807, 2.05) is 65.6 Å². The van der Waals surface area contributed by atoms with Gasteiger partial charge >= 0.3 is 0 Å². The summed E-state index contributed by atoms with van der Waals surface area (Å²) < 4.78 is 13.7. The Hall–Kier alpha value is -3.74. The molecule has 2 aromatic carbocycles. The van der Waals surface area contributed by atoms with Crippen LogP contribution in [0.2, 0.25) is 0 Å². The lowest BCUT2D eigenvalue weighted by Crippen LogP contribution is -2.42. The van der Waals surface area contributed by atoms with Crippen LogP contribution in [0.1, 0.15) is 24.6 Å². The third kappa shape index (κ3) is 5.10. The molecule has 2 aliphatic heterocycles. The van der Waals surface area contributed by atoms with Crippen molar-refractivity contribution in [3.8, 4) is 6.07 Å². The van der Waals surface area contributed by atoms with Gasteiger partial charge in [-0.25, -0.2) is 4.39 Å². The average molecular weight is 489 g/mol. The summed E-state index contributed by atoms with van der Waals surface area (Å²) in [6.45, 7) is 1.59. The van der Waals surface area contributed by atoms with Crippen LogP contribution < -0.4 is 10.6 Å². The zero-order chi connectivity index (χ0) is 25.1. The molecule has 1 amide bonds.